The molecule has 1 aliphatic rings. The van der Waals surface area contributed by atoms with E-state index in [1.54, 1.807) is 24.3 Å². The summed E-state index contributed by atoms with van der Waals surface area (Å²) in [7, 11) is 0. The summed E-state index contributed by atoms with van der Waals surface area (Å²) in [5, 5.41) is 18.9. The first-order valence-electron chi connectivity index (χ1n) is 6.36. The molecule has 0 spiro atoms. The van der Waals surface area contributed by atoms with Gasteiger partial charge in [-0.3, -0.25) is 0 Å². The van der Waals surface area contributed by atoms with Crippen LogP contribution in [0.15, 0.2) is 24.3 Å². The monoisotopic (exact) mass is 248 g/mol. The third-order valence-corrected chi connectivity index (χ3v) is 2.70. The third kappa shape index (κ3) is 7.83. The Labute approximate surface area is 108 Å². The number of allylic oxidation sites excluding steroid dienone is 3. The molecule has 0 bridgehead atoms. The minimum Gasteiger partial charge on any atom is -0.389 e. The highest BCUT2D eigenvalue weighted by molar-refractivity contribution is 5.49. The van der Waals surface area contributed by atoms with Crippen molar-refractivity contribution in [2.75, 3.05) is 0 Å². The highest BCUT2D eigenvalue weighted by Crippen LogP contribution is 2.33. The molecule has 1 fully saturated rings. The van der Waals surface area contributed by atoms with Crippen LogP contribution in [0, 0.1) is 17.8 Å². The van der Waals surface area contributed by atoms with Crippen LogP contribution in [0.25, 0.3) is 0 Å². The van der Waals surface area contributed by atoms with E-state index in [1.807, 2.05) is 0 Å². The van der Waals surface area contributed by atoms with E-state index in [0.29, 0.717) is 18.8 Å². The zero-order valence-electron chi connectivity index (χ0n) is 10.5. The van der Waals surface area contributed by atoms with E-state index >= 15 is 0 Å². The van der Waals surface area contributed by atoms with Crippen LogP contribution in [0.4, 0.5) is 0 Å². The van der Waals surface area contributed by atoms with Gasteiger partial charge in [-0.1, -0.05) is 42.9 Å². The van der Waals surface area contributed by atoms with Crippen molar-refractivity contribution >= 4 is 6.29 Å². The molecule has 0 aromatic heterocycles. The number of hydrogen-bond acceptors (Lipinski definition) is 3. The number of aliphatic hydroxyl groups excluding tert-OH is 2. The molecule has 0 heterocycles. The molecule has 1 rings (SSSR count). The molecule has 3 heteroatoms. The Balaban J connectivity index is 2.16. The van der Waals surface area contributed by atoms with E-state index in [4.69, 9.17) is 0 Å². The summed E-state index contributed by atoms with van der Waals surface area (Å²) < 4.78 is 0. The average Bonchev–Trinajstić information content (AvgIpc) is 3.14. The maximum Gasteiger partial charge on any atom is 0.120 e. The summed E-state index contributed by atoms with van der Waals surface area (Å²) in [4.78, 5) is 10.1. The minimum atomic E-state index is -0.746. The fourth-order valence-corrected chi connectivity index (χ4v) is 1.51. The van der Waals surface area contributed by atoms with Crippen LogP contribution in [0.3, 0.4) is 0 Å². The van der Waals surface area contributed by atoms with Crippen LogP contribution in [0.5, 0.6) is 0 Å². The summed E-state index contributed by atoms with van der Waals surface area (Å²) in [6.07, 6.45) is 10.5. The number of carbonyl (C=O) groups excluding carboxylic acids is 1. The van der Waals surface area contributed by atoms with Crippen molar-refractivity contribution in [1.29, 1.82) is 0 Å². The van der Waals surface area contributed by atoms with Gasteiger partial charge in [0.1, 0.15) is 12.4 Å². The summed E-state index contributed by atoms with van der Waals surface area (Å²) >= 11 is 0. The van der Waals surface area contributed by atoms with Crippen molar-refractivity contribution < 1.29 is 15.0 Å². The molecule has 0 amide bonds. The molecule has 0 aromatic carbocycles. The first-order valence-corrected chi connectivity index (χ1v) is 6.36. The van der Waals surface area contributed by atoms with Gasteiger partial charge in [0.15, 0.2) is 0 Å². The highest BCUT2D eigenvalue weighted by atomic mass is 16.3. The predicted molar refractivity (Wildman–Crippen MR) is 70.7 cm³/mol. The number of aldehydes is 1. The fourth-order valence-electron chi connectivity index (χ4n) is 1.51. The first kappa shape index (κ1) is 14.7. The standard InChI is InChI=1S/C15H20O3/c16-11-5-8-14(17)6-3-1-2-4-7-15(18)12-13-9-10-13/h1-2,4,7,11,13-15,17-18H,5,8-10,12H2/b2-1+,7-4+/t14-,15+/m1/s1. The Morgan fingerprint density at radius 3 is 2.72 bits per heavy atom. The van der Waals surface area contributed by atoms with E-state index in [-0.39, 0.29) is 6.10 Å². The Morgan fingerprint density at radius 2 is 2.06 bits per heavy atom. The molecular formula is C15H20O3. The van der Waals surface area contributed by atoms with Crippen molar-refractivity contribution in [3.8, 4) is 11.8 Å². The lowest BCUT2D eigenvalue weighted by Gasteiger charge is -2.01. The van der Waals surface area contributed by atoms with Gasteiger partial charge in [-0.2, -0.15) is 0 Å². The minimum absolute atomic E-state index is 0.326. The van der Waals surface area contributed by atoms with E-state index < -0.39 is 6.10 Å². The number of aliphatic hydroxyl groups is 2. The lowest BCUT2D eigenvalue weighted by Crippen LogP contribution is -2.02. The van der Waals surface area contributed by atoms with Crippen LogP contribution in [-0.4, -0.2) is 28.7 Å². The van der Waals surface area contributed by atoms with Crippen LogP contribution in [-0.2, 0) is 4.79 Å². The molecule has 0 saturated heterocycles. The van der Waals surface area contributed by atoms with E-state index in [1.165, 1.54) is 12.8 Å². The van der Waals surface area contributed by atoms with Crippen molar-refractivity contribution in [3.63, 3.8) is 0 Å². The van der Waals surface area contributed by atoms with Gasteiger partial charge < -0.3 is 15.0 Å². The van der Waals surface area contributed by atoms with Crippen molar-refractivity contribution in [2.24, 2.45) is 5.92 Å². The van der Waals surface area contributed by atoms with E-state index in [9.17, 15) is 15.0 Å². The summed E-state index contributed by atoms with van der Waals surface area (Å²) in [5.41, 5.74) is 0. The topological polar surface area (TPSA) is 57.5 Å². The van der Waals surface area contributed by atoms with Gasteiger partial charge in [-0.05, 0) is 24.8 Å². The first-order chi connectivity index (χ1) is 8.72. The molecule has 1 saturated carbocycles. The van der Waals surface area contributed by atoms with Gasteiger partial charge in [0.05, 0.1) is 6.10 Å². The third-order valence-electron chi connectivity index (χ3n) is 2.70. The second-order valence-corrected chi connectivity index (χ2v) is 4.54. The van der Waals surface area contributed by atoms with Gasteiger partial charge in [0, 0.05) is 6.42 Å². The van der Waals surface area contributed by atoms with Crippen molar-refractivity contribution in [2.45, 2.75) is 44.3 Å². The lowest BCUT2D eigenvalue weighted by atomic mass is 10.1. The molecule has 2 atom stereocenters. The number of rotatable bonds is 7. The highest BCUT2D eigenvalue weighted by Gasteiger charge is 2.23. The van der Waals surface area contributed by atoms with E-state index in [2.05, 4.69) is 11.8 Å². The smallest absolute Gasteiger partial charge is 0.120 e. The van der Waals surface area contributed by atoms with Gasteiger partial charge in [0.25, 0.3) is 0 Å². The van der Waals surface area contributed by atoms with Crippen LogP contribution in [0.1, 0.15) is 32.1 Å². The van der Waals surface area contributed by atoms with Crippen molar-refractivity contribution in [1.82, 2.24) is 0 Å². The number of carbonyl (C=O) groups is 1. The summed E-state index contributed by atoms with van der Waals surface area (Å²) in [6.45, 7) is 0. The maximum absolute atomic E-state index is 10.1. The van der Waals surface area contributed by atoms with Gasteiger partial charge in [-0.15, -0.1) is 0 Å². The molecule has 0 radical (unpaired) electrons. The van der Waals surface area contributed by atoms with Gasteiger partial charge in [0.2, 0.25) is 0 Å². The van der Waals surface area contributed by atoms with Crippen LogP contribution >= 0.6 is 0 Å². The molecule has 1 aliphatic carbocycles. The fraction of sp³-hybridized carbons (Fsp3) is 0.533. The molecule has 3 nitrogen and oxygen atoms in total. The molecule has 2 N–H and O–H groups in total. The zero-order valence-corrected chi connectivity index (χ0v) is 10.5. The predicted octanol–water partition coefficient (Wildman–Crippen LogP) is 1.60. The SMILES string of the molecule is O=CCC[C@H](O)C#C/C=C/C=C/[C@H](O)CC1CC1. The molecule has 0 aliphatic heterocycles. The molecular weight excluding hydrogens is 228 g/mol. The van der Waals surface area contributed by atoms with Gasteiger partial charge >= 0.3 is 0 Å². The second kappa shape index (κ2) is 8.68. The van der Waals surface area contributed by atoms with Crippen LogP contribution < -0.4 is 0 Å². The Morgan fingerprint density at radius 1 is 1.28 bits per heavy atom. The van der Waals surface area contributed by atoms with E-state index in [0.717, 1.165) is 12.7 Å². The normalized spacial score (nSPS) is 18.6. The van der Waals surface area contributed by atoms with Crippen molar-refractivity contribution in [3.05, 3.63) is 24.3 Å². The van der Waals surface area contributed by atoms with Gasteiger partial charge in [-0.25, -0.2) is 0 Å². The van der Waals surface area contributed by atoms with Crippen LogP contribution in [0.2, 0.25) is 0 Å². The average molecular weight is 248 g/mol. The Hall–Kier alpha value is -1.37. The Bertz CT molecular complexity index is 356. The molecule has 0 aromatic rings. The maximum atomic E-state index is 10.1. The largest absolute Gasteiger partial charge is 0.389 e. The number of hydrogen-bond donors (Lipinski definition) is 2. The molecule has 18 heavy (non-hydrogen) atoms. The molecule has 98 valence electrons. The summed E-state index contributed by atoms with van der Waals surface area (Å²) in [6, 6.07) is 0. The molecule has 0 unspecified atom stereocenters. The lowest BCUT2D eigenvalue weighted by molar-refractivity contribution is -0.108. The second-order valence-electron chi connectivity index (χ2n) is 4.54. The quantitative estimate of drug-likeness (QED) is 0.409. The zero-order chi connectivity index (χ0) is 13.2. The Kier molecular flexibility index (Phi) is 7.09. The summed E-state index contributed by atoms with van der Waals surface area (Å²) in [5.74, 6) is 6.01.